The highest BCUT2D eigenvalue weighted by Crippen LogP contribution is 2.32. The quantitative estimate of drug-likeness (QED) is 0.250. The summed E-state index contributed by atoms with van der Waals surface area (Å²) in [5.74, 6) is 0.586. The van der Waals surface area contributed by atoms with Crippen molar-refractivity contribution < 1.29 is 15.0 Å². The number of aromatic hydroxyl groups is 2. The molecule has 0 unspecified atom stereocenters. The van der Waals surface area contributed by atoms with Crippen LogP contribution in [0.25, 0.3) is 22.3 Å². The lowest BCUT2D eigenvalue weighted by Crippen LogP contribution is -2.05. The van der Waals surface area contributed by atoms with Gasteiger partial charge in [0.1, 0.15) is 11.5 Å². The van der Waals surface area contributed by atoms with Crippen LogP contribution >= 0.6 is 0 Å². The lowest BCUT2D eigenvalue weighted by molar-refractivity contribution is -0.114. The molecule has 1 amide bonds. The van der Waals surface area contributed by atoms with Crippen LogP contribution in [0.1, 0.15) is 6.92 Å². The van der Waals surface area contributed by atoms with Crippen molar-refractivity contribution in [1.29, 1.82) is 0 Å². The van der Waals surface area contributed by atoms with Crippen LogP contribution in [-0.4, -0.2) is 16.1 Å². The third-order valence-electron chi connectivity index (χ3n) is 5.04. The van der Waals surface area contributed by atoms with E-state index in [0.29, 0.717) is 11.5 Å². The summed E-state index contributed by atoms with van der Waals surface area (Å²) in [5, 5.41) is 20.1. The average Bonchev–Trinajstić information content (AvgIpc) is 2.91. The second-order valence-corrected chi connectivity index (χ2v) is 7.84. The third-order valence-corrected chi connectivity index (χ3v) is 5.04. The highest BCUT2D eigenvalue weighted by atomic mass is 16.3. The fourth-order valence-electron chi connectivity index (χ4n) is 3.40. The summed E-state index contributed by atoms with van der Waals surface area (Å²) >= 11 is 0. The van der Waals surface area contributed by atoms with Crippen LogP contribution in [-0.2, 0) is 4.79 Å². The summed E-state index contributed by atoms with van der Waals surface area (Å²) in [4.78, 5) is 11.1. The zero-order valence-electron chi connectivity index (χ0n) is 20.1. The Kier molecular flexibility index (Phi) is 9.87. The fourth-order valence-corrected chi connectivity index (χ4v) is 3.40. The highest BCUT2D eigenvalue weighted by molar-refractivity contribution is 5.89. The Hall–Kier alpha value is -4.83. The van der Waals surface area contributed by atoms with E-state index in [4.69, 9.17) is 10.2 Å². The summed E-state index contributed by atoms with van der Waals surface area (Å²) in [6, 6.07) is 44.1. The molecule has 5 aromatic rings. The van der Waals surface area contributed by atoms with Crippen molar-refractivity contribution in [3.05, 3.63) is 140 Å². The van der Waals surface area contributed by atoms with Crippen molar-refractivity contribution in [2.45, 2.75) is 6.92 Å². The van der Waals surface area contributed by atoms with Crippen LogP contribution in [0.2, 0.25) is 0 Å². The van der Waals surface area contributed by atoms with E-state index in [9.17, 15) is 4.79 Å². The molecule has 4 heteroatoms. The molecule has 0 aliphatic rings. The van der Waals surface area contributed by atoms with E-state index in [1.807, 2.05) is 60.7 Å². The predicted octanol–water partition coefficient (Wildman–Crippen LogP) is 7.76. The van der Waals surface area contributed by atoms with E-state index in [2.05, 4.69) is 35.6 Å². The van der Waals surface area contributed by atoms with Crippen molar-refractivity contribution in [2.75, 3.05) is 5.32 Å². The Bertz CT molecular complexity index is 1280. The van der Waals surface area contributed by atoms with Gasteiger partial charge in [0.15, 0.2) is 0 Å². The van der Waals surface area contributed by atoms with Crippen LogP contribution in [0.4, 0.5) is 5.69 Å². The summed E-state index contributed by atoms with van der Waals surface area (Å²) in [6.45, 7) is 1.51. The molecule has 0 spiro atoms. The van der Waals surface area contributed by atoms with E-state index in [1.54, 1.807) is 48.5 Å². The number of amides is 1. The molecule has 0 aliphatic carbocycles. The first kappa shape index (κ1) is 25.8. The van der Waals surface area contributed by atoms with E-state index >= 15 is 0 Å². The zero-order chi connectivity index (χ0) is 25.6. The molecule has 0 saturated carbocycles. The molecule has 0 bridgehead atoms. The number of para-hydroxylation sites is 2. The number of hydrogen-bond acceptors (Lipinski definition) is 3. The van der Waals surface area contributed by atoms with Crippen molar-refractivity contribution in [2.24, 2.45) is 0 Å². The highest BCUT2D eigenvalue weighted by Gasteiger charge is 2.06. The molecule has 5 rings (SSSR count). The maximum absolute atomic E-state index is 11.1. The molecule has 5 aromatic carbocycles. The number of benzene rings is 5. The molecule has 0 fully saturated rings. The molecule has 0 atom stereocenters. The Balaban J connectivity index is 0.000000209. The number of carbonyl (C=O) groups excluding carboxylic acids is 1. The number of anilines is 1. The number of rotatable bonds is 3. The minimum Gasteiger partial charge on any atom is -0.508 e. The van der Waals surface area contributed by atoms with Crippen molar-refractivity contribution in [3.63, 3.8) is 0 Å². The minimum atomic E-state index is -0.0579. The Morgan fingerprint density at radius 1 is 0.500 bits per heavy atom. The second-order valence-electron chi connectivity index (χ2n) is 7.84. The molecule has 4 nitrogen and oxygen atoms in total. The van der Waals surface area contributed by atoms with E-state index in [1.165, 1.54) is 23.6 Å². The Morgan fingerprint density at radius 2 is 0.861 bits per heavy atom. The van der Waals surface area contributed by atoms with E-state index < -0.39 is 0 Å². The van der Waals surface area contributed by atoms with Gasteiger partial charge in [0.25, 0.3) is 0 Å². The molecule has 3 N–H and O–H groups in total. The maximum atomic E-state index is 11.1. The van der Waals surface area contributed by atoms with Gasteiger partial charge in [-0.3, -0.25) is 4.79 Å². The number of carbonyl (C=O) groups is 1. The van der Waals surface area contributed by atoms with Gasteiger partial charge in [-0.15, -0.1) is 0 Å². The van der Waals surface area contributed by atoms with Gasteiger partial charge < -0.3 is 15.5 Å². The molecule has 0 radical (unpaired) electrons. The van der Waals surface area contributed by atoms with Gasteiger partial charge in [0.2, 0.25) is 5.91 Å². The number of phenols is 2. The SMILES string of the molecule is CC(=O)Nc1ccc(-c2ccccc2-c2ccccc2)cc1.Oc1ccccc1.Oc1ccccc1. The largest absolute Gasteiger partial charge is 0.508 e. The summed E-state index contributed by atoms with van der Waals surface area (Å²) in [6.07, 6.45) is 0. The normalized spacial score (nSPS) is 9.58. The van der Waals surface area contributed by atoms with Crippen molar-refractivity contribution in [1.82, 2.24) is 0 Å². The van der Waals surface area contributed by atoms with Gasteiger partial charge in [-0.05, 0) is 58.7 Å². The molecular weight excluding hydrogens is 446 g/mol. The molecule has 0 heterocycles. The minimum absolute atomic E-state index is 0.0579. The van der Waals surface area contributed by atoms with E-state index in [0.717, 1.165) is 11.3 Å². The zero-order valence-corrected chi connectivity index (χ0v) is 20.1. The summed E-state index contributed by atoms with van der Waals surface area (Å²) < 4.78 is 0. The van der Waals surface area contributed by atoms with Crippen LogP contribution in [0, 0.1) is 0 Å². The van der Waals surface area contributed by atoms with Gasteiger partial charge in [-0.25, -0.2) is 0 Å². The Labute approximate surface area is 212 Å². The van der Waals surface area contributed by atoms with Crippen molar-refractivity contribution >= 4 is 11.6 Å². The molecular formula is C32H29NO3. The fraction of sp³-hybridized carbons (Fsp3) is 0.0312. The second kappa shape index (κ2) is 13.8. The average molecular weight is 476 g/mol. The van der Waals surface area contributed by atoms with Gasteiger partial charge in [0, 0.05) is 12.6 Å². The smallest absolute Gasteiger partial charge is 0.221 e. The summed E-state index contributed by atoms with van der Waals surface area (Å²) in [7, 11) is 0. The lowest BCUT2D eigenvalue weighted by atomic mass is 9.94. The molecule has 36 heavy (non-hydrogen) atoms. The third kappa shape index (κ3) is 8.50. The van der Waals surface area contributed by atoms with E-state index in [-0.39, 0.29) is 5.91 Å². The lowest BCUT2D eigenvalue weighted by Gasteiger charge is -2.11. The van der Waals surface area contributed by atoms with Crippen molar-refractivity contribution in [3.8, 4) is 33.8 Å². The van der Waals surface area contributed by atoms with Gasteiger partial charge in [-0.2, -0.15) is 0 Å². The van der Waals surface area contributed by atoms with Crippen LogP contribution in [0.15, 0.2) is 140 Å². The first-order valence-electron chi connectivity index (χ1n) is 11.5. The topological polar surface area (TPSA) is 69.6 Å². The first-order valence-corrected chi connectivity index (χ1v) is 11.5. The van der Waals surface area contributed by atoms with Crippen LogP contribution in [0.3, 0.4) is 0 Å². The summed E-state index contributed by atoms with van der Waals surface area (Å²) in [5.41, 5.74) is 5.53. The van der Waals surface area contributed by atoms with Crippen LogP contribution < -0.4 is 5.32 Å². The number of phenolic OH excluding ortho intramolecular Hbond substituents is 2. The predicted molar refractivity (Wildman–Crippen MR) is 148 cm³/mol. The molecule has 0 aliphatic heterocycles. The van der Waals surface area contributed by atoms with Gasteiger partial charge in [-0.1, -0.05) is 103 Å². The molecule has 0 saturated heterocycles. The van der Waals surface area contributed by atoms with Gasteiger partial charge in [0.05, 0.1) is 0 Å². The molecule has 0 aromatic heterocycles. The van der Waals surface area contributed by atoms with Gasteiger partial charge >= 0.3 is 0 Å². The Morgan fingerprint density at radius 3 is 1.22 bits per heavy atom. The number of hydrogen-bond donors (Lipinski definition) is 3. The van der Waals surface area contributed by atoms with Crippen LogP contribution in [0.5, 0.6) is 11.5 Å². The first-order chi connectivity index (χ1) is 17.5. The molecule has 180 valence electrons. The maximum Gasteiger partial charge on any atom is 0.221 e. The monoisotopic (exact) mass is 475 g/mol. The standard InChI is InChI=1S/C20H17NO.2C6H6O/c1-15(22)21-18-13-11-17(12-14-18)20-10-6-5-9-19(20)16-7-3-2-4-8-16;2*7-6-4-2-1-3-5-6/h2-14H,1H3,(H,21,22);2*1-5,7H. The number of nitrogens with one attached hydrogen (secondary N) is 1.